The first-order valence-electron chi connectivity index (χ1n) is 12.2. The number of benzene rings is 2. The van der Waals surface area contributed by atoms with Crippen LogP contribution in [-0.2, 0) is 16.6 Å². The first-order valence-corrected chi connectivity index (χ1v) is 13.6. The van der Waals surface area contributed by atoms with Crippen LogP contribution in [0, 0.1) is 11.7 Å². The molecule has 38 heavy (non-hydrogen) atoms. The Balaban J connectivity index is 1.40. The Morgan fingerprint density at radius 2 is 1.79 bits per heavy atom. The molecule has 5 nitrogen and oxygen atoms in total. The van der Waals surface area contributed by atoms with E-state index in [1.54, 1.807) is 12.1 Å². The average Bonchev–Trinajstić information content (AvgIpc) is 3.00. The summed E-state index contributed by atoms with van der Waals surface area (Å²) in [5.41, 5.74) is 3.52. The van der Waals surface area contributed by atoms with Crippen molar-refractivity contribution in [3.63, 3.8) is 0 Å². The second-order valence-corrected chi connectivity index (χ2v) is 11.3. The van der Waals surface area contributed by atoms with Crippen molar-refractivity contribution in [1.29, 1.82) is 0 Å². The number of hydrogen-bond donors (Lipinski definition) is 1. The molecule has 1 aliphatic heterocycles. The van der Waals surface area contributed by atoms with Gasteiger partial charge in [0.05, 0.1) is 5.69 Å². The van der Waals surface area contributed by atoms with Crippen LogP contribution >= 0.6 is 0 Å². The van der Waals surface area contributed by atoms with E-state index in [0.717, 1.165) is 34.4 Å². The zero-order valence-electron chi connectivity index (χ0n) is 20.1. The lowest BCUT2D eigenvalue weighted by molar-refractivity contribution is -0.274. The highest BCUT2D eigenvalue weighted by atomic mass is 32.2. The van der Waals surface area contributed by atoms with Crippen LogP contribution in [0.1, 0.15) is 36.3 Å². The molecule has 2 aliphatic carbocycles. The minimum Gasteiger partial charge on any atom is -0.406 e. The number of piperidine rings is 1. The highest BCUT2D eigenvalue weighted by molar-refractivity contribution is 7.90. The molecule has 11 heteroatoms. The number of rotatable bonds is 5. The van der Waals surface area contributed by atoms with Crippen molar-refractivity contribution in [3.8, 4) is 5.75 Å². The lowest BCUT2D eigenvalue weighted by Crippen LogP contribution is -2.44. The summed E-state index contributed by atoms with van der Waals surface area (Å²) in [6, 6.07) is 9.05. The first-order chi connectivity index (χ1) is 18.0. The van der Waals surface area contributed by atoms with E-state index in [4.69, 9.17) is 0 Å². The Kier molecular flexibility index (Phi) is 7.08. The average molecular weight is 553 g/mol. The lowest BCUT2D eigenvalue weighted by atomic mass is 9.73. The van der Waals surface area contributed by atoms with Crippen molar-refractivity contribution in [1.82, 2.24) is 4.31 Å². The number of anilines is 1. The van der Waals surface area contributed by atoms with Crippen LogP contribution in [0.4, 0.5) is 27.6 Å². The molecular formula is C27H25F5N2O3S. The molecule has 1 heterocycles. The molecule has 3 aliphatic rings. The van der Waals surface area contributed by atoms with Crippen molar-refractivity contribution in [3.05, 3.63) is 94.6 Å². The third-order valence-corrected chi connectivity index (χ3v) is 8.59. The maximum atomic E-state index is 14.1. The van der Waals surface area contributed by atoms with Gasteiger partial charge in [-0.25, -0.2) is 8.78 Å². The van der Waals surface area contributed by atoms with Crippen LogP contribution in [0.2, 0.25) is 0 Å². The zero-order valence-corrected chi connectivity index (χ0v) is 21.0. The number of halogens is 5. The van der Waals surface area contributed by atoms with E-state index >= 15 is 0 Å². The summed E-state index contributed by atoms with van der Waals surface area (Å²) in [7, 11) is -4.03. The Labute approximate surface area is 217 Å². The molecule has 2 aromatic carbocycles. The van der Waals surface area contributed by atoms with Gasteiger partial charge in [-0.1, -0.05) is 18.2 Å². The second kappa shape index (κ2) is 10.2. The van der Waals surface area contributed by atoms with E-state index in [-0.39, 0.29) is 48.7 Å². The summed E-state index contributed by atoms with van der Waals surface area (Å²) in [6.07, 6.45) is 2.12. The molecule has 0 bridgehead atoms. The monoisotopic (exact) mass is 552 g/mol. The van der Waals surface area contributed by atoms with Gasteiger partial charge < -0.3 is 4.74 Å². The van der Waals surface area contributed by atoms with Crippen LogP contribution in [0.5, 0.6) is 5.75 Å². The van der Waals surface area contributed by atoms with E-state index in [9.17, 15) is 30.4 Å². The van der Waals surface area contributed by atoms with Crippen molar-refractivity contribution in [2.45, 2.75) is 38.0 Å². The van der Waals surface area contributed by atoms with E-state index in [2.05, 4.69) is 9.46 Å². The molecule has 0 amide bonds. The maximum Gasteiger partial charge on any atom is 0.573 e. The summed E-state index contributed by atoms with van der Waals surface area (Å²) >= 11 is 0. The van der Waals surface area contributed by atoms with Gasteiger partial charge in [0.25, 0.3) is 0 Å². The predicted molar refractivity (Wildman–Crippen MR) is 133 cm³/mol. The van der Waals surface area contributed by atoms with Gasteiger partial charge in [0.2, 0.25) is 0 Å². The highest BCUT2D eigenvalue weighted by Gasteiger charge is 2.38. The lowest BCUT2D eigenvalue weighted by Gasteiger charge is -2.38. The molecule has 202 valence electrons. The Hall–Kier alpha value is -3.18. The summed E-state index contributed by atoms with van der Waals surface area (Å²) in [6.45, 7) is 0.434. The van der Waals surface area contributed by atoms with Crippen LogP contribution in [0.25, 0.3) is 0 Å². The van der Waals surface area contributed by atoms with Crippen molar-refractivity contribution in [2.75, 3.05) is 17.8 Å². The fraction of sp³-hybridized carbons (Fsp3) is 0.333. The van der Waals surface area contributed by atoms with E-state index in [1.165, 1.54) is 34.6 Å². The molecule has 0 spiro atoms. The molecule has 2 atom stereocenters. The molecule has 2 unspecified atom stereocenters. The molecule has 2 aromatic rings. The normalized spacial score (nSPS) is 22.3. The Morgan fingerprint density at radius 3 is 2.53 bits per heavy atom. The Morgan fingerprint density at radius 1 is 1.03 bits per heavy atom. The quantitative estimate of drug-likeness (QED) is 0.429. The van der Waals surface area contributed by atoms with Crippen LogP contribution in [-0.4, -0.2) is 32.2 Å². The topological polar surface area (TPSA) is 58.6 Å². The fourth-order valence-electron chi connectivity index (χ4n) is 5.49. The number of allylic oxidation sites excluding steroid dienone is 6. The molecule has 0 saturated carbocycles. The minimum absolute atomic E-state index is 0.0951. The van der Waals surface area contributed by atoms with Gasteiger partial charge in [-0.2, -0.15) is 12.7 Å². The number of nitrogens with one attached hydrogen (secondary N) is 1. The van der Waals surface area contributed by atoms with Gasteiger partial charge in [-0.05, 0) is 89.9 Å². The summed E-state index contributed by atoms with van der Waals surface area (Å²) < 4.78 is 99.6. The first kappa shape index (κ1) is 26.4. The van der Waals surface area contributed by atoms with E-state index in [0.29, 0.717) is 19.3 Å². The van der Waals surface area contributed by atoms with Gasteiger partial charge in [0.1, 0.15) is 17.4 Å². The molecule has 1 saturated heterocycles. The minimum atomic E-state index is -4.85. The van der Waals surface area contributed by atoms with E-state index in [1.807, 2.05) is 6.08 Å². The van der Waals surface area contributed by atoms with Gasteiger partial charge in [-0.15, -0.1) is 13.2 Å². The van der Waals surface area contributed by atoms with Crippen molar-refractivity contribution < 1.29 is 35.1 Å². The molecule has 5 rings (SSSR count). The van der Waals surface area contributed by atoms with Gasteiger partial charge in [0, 0.05) is 25.4 Å². The van der Waals surface area contributed by atoms with Crippen molar-refractivity contribution in [2.24, 2.45) is 5.92 Å². The van der Waals surface area contributed by atoms with Crippen LogP contribution in [0.15, 0.2) is 77.7 Å². The molecule has 0 aromatic heterocycles. The number of fused-ring (bicyclic) bond motifs is 2. The maximum absolute atomic E-state index is 14.1. The molecule has 0 radical (unpaired) electrons. The number of hydrogen-bond acceptors (Lipinski definition) is 3. The van der Waals surface area contributed by atoms with Crippen LogP contribution < -0.4 is 9.46 Å². The van der Waals surface area contributed by atoms with Gasteiger partial charge >= 0.3 is 16.6 Å². The predicted octanol–water partition coefficient (Wildman–Crippen LogP) is 6.54. The second-order valence-electron chi connectivity index (χ2n) is 9.61. The Bertz CT molecular complexity index is 1420. The number of nitrogens with zero attached hydrogens (tertiary/aromatic N) is 1. The highest BCUT2D eigenvalue weighted by Crippen LogP contribution is 2.46. The third-order valence-electron chi connectivity index (χ3n) is 7.08. The SMILES string of the molecule is O=S(=O)(Nc1ccc(OC(F)(F)F)cc1)N1CCCC(C2C3=CC=C(F)CC3=CCc3cc(F)ccc32)C1. The summed E-state index contributed by atoms with van der Waals surface area (Å²) in [4.78, 5) is 0. The van der Waals surface area contributed by atoms with Gasteiger partial charge in [-0.3, -0.25) is 4.72 Å². The smallest absolute Gasteiger partial charge is 0.406 e. The number of ether oxygens (including phenoxy) is 1. The summed E-state index contributed by atoms with van der Waals surface area (Å²) in [5.74, 6) is -1.50. The number of alkyl halides is 3. The zero-order chi connectivity index (χ0) is 27.1. The molecule has 1 fully saturated rings. The van der Waals surface area contributed by atoms with Crippen LogP contribution in [0.3, 0.4) is 0 Å². The van der Waals surface area contributed by atoms with E-state index < -0.39 is 22.3 Å². The largest absolute Gasteiger partial charge is 0.573 e. The third kappa shape index (κ3) is 5.78. The van der Waals surface area contributed by atoms with Crippen molar-refractivity contribution >= 4 is 15.9 Å². The fourth-order valence-corrected chi connectivity index (χ4v) is 6.81. The summed E-state index contributed by atoms with van der Waals surface area (Å²) in [5, 5.41) is 0. The standard InChI is InChI=1S/C27H25F5N2O3S/c28-20-5-11-24-17(14-20)3-4-18-15-21(29)6-12-25(18)26(24)19-2-1-13-34(16-19)38(35,36)33-22-7-9-23(10-8-22)37-27(30,31)32/h3,5-12,15,19,26,33H,1-2,4,13-14,16H2. The van der Waals surface area contributed by atoms with Gasteiger partial charge in [0.15, 0.2) is 0 Å². The molecule has 1 N–H and O–H groups in total. The molecular weight excluding hydrogens is 527 g/mol.